The molecule has 18 nitrogen and oxygen atoms in total. The number of ether oxygens (including phenoxy) is 6. The van der Waals surface area contributed by atoms with Crippen LogP contribution in [-0.2, 0) is 28.4 Å². The van der Waals surface area contributed by atoms with Gasteiger partial charge in [-0.15, -0.1) is 0 Å². The topological polar surface area (TPSA) is 333 Å². The molecule has 2 saturated heterocycles. The zero-order chi connectivity index (χ0) is 31.3. The van der Waals surface area contributed by atoms with Crippen LogP contribution in [0, 0.1) is 0 Å². The average molecular weight is 615 g/mol. The van der Waals surface area contributed by atoms with E-state index in [1.165, 1.54) is 0 Å². The van der Waals surface area contributed by atoms with E-state index in [4.69, 9.17) is 62.8 Å². The lowest BCUT2D eigenvalue weighted by atomic mass is 9.84. The van der Waals surface area contributed by atoms with Crippen molar-refractivity contribution in [3.63, 3.8) is 0 Å². The van der Waals surface area contributed by atoms with Crippen LogP contribution in [0.25, 0.3) is 0 Å². The second-order valence-corrected chi connectivity index (χ2v) is 11.2. The highest BCUT2D eigenvalue weighted by Crippen LogP contribution is 2.31. The highest BCUT2D eigenvalue weighted by Gasteiger charge is 2.51. The summed E-state index contributed by atoms with van der Waals surface area (Å²) in [5.41, 5.74) is 35.1. The van der Waals surface area contributed by atoms with Crippen molar-refractivity contribution in [3.8, 4) is 0 Å². The van der Waals surface area contributed by atoms with Crippen LogP contribution in [0.1, 0.15) is 13.3 Å². The molecule has 0 aromatic carbocycles. The lowest BCUT2D eigenvalue weighted by molar-refractivity contribution is -0.331. The molecule has 0 bridgehead atoms. The molecule has 2 heterocycles. The van der Waals surface area contributed by atoms with E-state index >= 15 is 0 Å². The fourth-order valence-corrected chi connectivity index (χ4v) is 5.29. The maximum atomic E-state index is 11.2. The van der Waals surface area contributed by atoms with Gasteiger partial charge in [-0.25, -0.2) is 0 Å². The smallest absolute Gasteiger partial charge is 0.187 e. The quantitative estimate of drug-likeness (QED) is 0.0916. The van der Waals surface area contributed by atoms with E-state index in [1.54, 1.807) is 6.92 Å². The van der Waals surface area contributed by atoms with E-state index in [-0.39, 0.29) is 39.3 Å². The minimum absolute atomic E-state index is 0.0139. The van der Waals surface area contributed by atoms with E-state index in [9.17, 15) is 30.6 Å². The van der Waals surface area contributed by atoms with Gasteiger partial charge in [0.05, 0.1) is 37.6 Å². The van der Waals surface area contributed by atoms with E-state index < -0.39 is 104 Å². The summed E-state index contributed by atoms with van der Waals surface area (Å²) in [6.45, 7) is 1.44. The molecule has 0 unspecified atom stereocenters. The van der Waals surface area contributed by atoms with Crippen LogP contribution in [0.2, 0.25) is 0 Å². The normalized spacial score (nSPS) is 46.4. The molecule has 42 heavy (non-hydrogen) atoms. The van der Waals surface area contributed by atoms with E-state index in [1.807, 2.05) is 0 Å². The van der Waals surface area contributed by atoms with E-state index in [0.717, 1.165) is 0 Å². The van der Waals surface area contributed by atoms with Gasteiger partial charge in [0.1, 0.15) is 54.9 Å². The first-order chi connectivity index (χ1) is 19.8. The third-order valence-electron chi connectivity index (χ3n) is 7.94. The molecule has 0 radical (unpaired) electrons. The number of aliphatic hydroxyl groups is 6. The molecule has 18 N–H and O–H groups in total. The van der Waals surface area contributed by atoms with Gasteiger partial charge in [-0.3, -0.25) is 0 Å². The molecule has 248 valence electrons. The molecule has 18 heteroatoms. The zero-order valence-electron chi connectivity index (χ0n) is 23.7. The first-order valence-electron chi connectivity index (χ1n) is 14.1. The number of rotatable bonds is 13. The molecule has 0 aromatic heterocycles. The SMILES string of the molecule is C[C@H]1O[C@H](O[C@@H]2[C@@H](O)[C@H](O[C@H]3O[C@H](CN)[C@@H](O)[C@H](O)[C@H]3N)[C@@H](N)C[C@H]2N)[C@H](O)[C@@H](O)[C@@H]1OC[C@@H](CN)OC[C@H](O)CN. The van der Waals surface area contributed by atoms with Crippen molar-refractivity contribution < 1.29 is 59.1 Å². The van der Waals surface area contributed by atoms with Gasteiger partial charge in [0.2, 0.25) is 0 Å². The van der Waals surface area contributed by atoms with Crippen LogP contribution in [0.3, 0.4) is 0 Å². The molecule has 1 saturated carbocycles. The molecule has 1 aliphatic carbocycles. The van der Waals surface area contributed by atoms with Crippen molar-refractivity contribution in [2.24, 2.45) is 34.4 Å². The predicted octanol–water partition coefficient (Wildman–Crippen LogP) is -7.58. The summed E-state index contributed by atoms with van der Waals surface area (Å²) in [5, 5.41) is 62.8. The number of hydrogen-bond donors (Lipinski definition) is 12. The van der Waals surface area contributed by atoms with Gasteiger partial charge in [0.15, 0.2) is 12.6 Å². The predicted molar refractivity (Wildman–Crippen MR) is 144 cm³/mol. The van der Waals surface area contributed by atoms with Crippen LogP contribution < -0.4 is 34.4 Å². The molecular formula is C24H50N6O12. The van der Waals surface area contributed by atoms with Crippen molar-refractivity contribution in [1.82, 2.24) is 0 Å². The monoisotopic (exact) mass is 614 g/mol. The number of aliphatic hydroxyl groups excluding tert-OH is 6. The minimum Gasteiger partial charge on any atom is -0.389 e. The first kappa shape index (κ1) is 35.8. The average Bonchev–Trinajstić information content (AvgIpc) is 2.96. The molecular weight excluding hydrogens is 564 g/mol. The Morgan fingerprint density at radius 2 is 1.36 bits per heavy atom. The van der Waals surface area contributed by atoms with Crippen molar-refractivity contribution in [2.45, 2.75) is 117 Å². The summed E-state index contributed by atoms with van der Waals surface area (Å²) in [5.74, 6) is 0. The Labute approximate surface area is 244 Å². The highest BCUT2D eigenvalue weighted by molar-refractivity contribution is 5.01. The largest absolute Gasteiger partial charge is 0.389 e. The maximum Gasteiger partial charge on any atom is 0.187 e. The summed E-state index contributed by atoms with van der Waals surface area (Å²) < 4.78 is 34.4. The maximum absolute atomic E-state index is 11.2. The first-order valence-corrected chi connectivity index (χ1v) is 14.1. The molecule has 3 rings (SSSR count). The van der Waals surface area contributed by atoms with Crippen LogP contribution in [-0.4, -0.2) is 167 Å². The minimum atomic E-state index is -1.60. The Kier molecular flexibility index (Phi) is 13.6. The fraction of sp³-hybridized carbons (Fsp3) is 1.00. The zero-order valence-corrected chi connectivity index (χ0v) is 23.7. The van der Waals surface area contributed by atoms with Crippen molar-refractivity contribution in [3.05, 3.63) is 0 Å². The Hall–Kier alpha value is -0.720. The Morgan fingerprint density at radius 3 is 1.93 bits per heavy atom. The molecule has 17 atom stereocenters. The lowest BCUT2D eigenvalue weighted by Crippen LogP contribution is -2.68. The second kappa shape index (κ2) is 16.0. The number of nitrogens with two attached hydrogens (primary N) is 6. The van der Waals surface area contributed by atoms with Gasteiger partial charge >= 0.3 is 0 Å². The molecule has 3 aliphatic rings. The van der Waals surface area contributed by atoms with Crippen LogP contribution in [0.15, 0.2) is 0 Å². The van der Waals surface area contributed by atoms with Crippen molar-refractivity contribution in [2.75, 3.05) is 32.8 Å². The Morgan fingerprint density at radius 1 is 0.738 bits per heavy atom. The molecule has 0 amide bonds. The summed E-state index contributed by atoms with van der Waals surface area (Å²) in [6, 6.07) is -2.79. The fourth-order valence-electron chi connectivity index (χ4n) is 5.29. The standard InChI is InChI=1S/C24H50N6O12/c1-8-20(38-7-10(4-26)37-6-9(31)3-25)17(34)18(35)24(39-8)42-22-12(29)2-11(28)21(19(22)36)41-23-14(30)16(33)15(32)13(5-27)40-23/h8-24,31-36H,2-7,25-30H2,1H3/t8-,9-,10-,11+,12-,13-,14-,15-,16-,17-,18-,19+,20-,21-,22+,23-,24-/m1/s1. The van der Waals surface area contributed by atoms with Crippen LogP contribution >= 0.6 is 0 Å². The summed E-state index contributed by atoms with van der Waals surface area (Å²) in [6.07, 6.45) is -16.4. The second-order valence-electron chi connectivity index (χ2n) is 11.2. The molecule has 0 aromatic rings. The van der Waals surface area contributed by atoms with Crippen molar-refractivity contribution >= 4 is 0 Å². The molecule has 3 fully saturated rings. The van der Waals surface area contributed by atoms with Gasteiger partial charge in [0.25, 0.3) is 0 Å². The van der Waals surface area contributed by atoms with Crippen LogP contribution in [0.5, 0.6) is 0 Å². The van der Waals surface area contributed by atoms with Gasteiger partial charge < -0.3 is 93.5 Å². The molecule has 0 spiro atoms. The van der Waals surface area contributed by atoms with E-state index in [2.05, 4.69) is 0 Å². The van der Waals surface area contributed by atoms with Gasteiger partial charge in [-0.05, 0) is 13.3 Å². The van der Waals surface area contributed by atoms with Gasteiger partial charge in [0, 0.05) is 31.7 Å². The van der Waals surface area contributed by atoms with E-state index in [0.29, 0.717) is 0 Å². The summed E-state index contributed by atoms with van der Waals surface area (Å²) in [4.78, 5) is 0. The summed E-state index contributed by atoms with van der Waals surface area (Å²) >= 11 is 0. The number of hydrogen-bond acceptors (Lipinski definition) is 18. The lowest BCUT2D eigenvalue weighted by Gasteiger charge is -2.48. The highest BCUT2D eigenvalue weighted by atomic mass is 16.7. The van der Waals surface area contributed by atoms with Crippen LogP contribution in [0.4, 0.5) is 0 Å². The molecule has 2 aliphatic heterocycles. The summed E-state index contributed by atoms with van der Waals surface area (Å²) in [7, 11) is 0. The van der Waals surface area contributed by atoms with Gasteiger partial charge in [-0.2, -0.15) is 0 Å². The third-order valence-corrected chi connectivity index (χ3v) is 7.94. The van der Waals surface area contributed by atoms with Crippen molar-refractivity contribution in [1.29, 1.82) is 0 Å². The Bertz CT molecular complexity index is 809. The van der Waals surface area contributed by atoms with Gasteiger partial charge in [-0.1, -0.05) is 0 Å². The third kappa shape index (κ3) is 8.30. The Balaban J connectivity index is 1.62.